The molecule has 0 aromatic heterocycles. The fraction of sp³-hybridized carbons (Fsp3) is 0.400. The van der Waals surface area contributed by atoms with Crippen LogP contribution in [0.5, 0.6) is 5.75 Å². The van der Waals surface area contributed by atoms with Crippen molar-refractivity contribution in [3.8, 4) is 5.75 Å². The van der Waals surface area contributed by atoms with Gasteiger partial charge >= 0.3 is 0 Å². The van der Waals surface area contributed by atoms with E-state index >= 15 is 0 Å². The maximum absolute atomic E-state index is 10.4. The molecular weight excluding hydrogens is 302 g/mol. The molecule has 0 heterocycles. The summed E-state index contributed by atoms with van der Waals surface area (Å²) in [6, 6.07) is 14.5. The summed E-state index contributed by atoms with van der Waals surface area (Å²) in [6.07, 6.45) is 0.319. The first kappa shape index (κ1) is 17.0. The Bertz CT molecular complexity index is 701. The molecule has 0 saturated heterocycles. The zero-order chi connectivity index (χ0) is 17.1. The van der Waals surface area contributed by atoms with Gasteiger partial charge in [-0.3, -0.25) is 0 Å². The van der Waals surface area contributed by atoms with Gasteiger partial charge in [0, 0.05) is 25.1 Å². The van der Waals surface area contributed by atoms with Crippen LogP contribution in [0.2, 0.25) is 0 Å². The number of ether oxygens (including phenoxy) is 2. The molecule has 2 aromatic carbocycles. The van der Waals surface area contributed by atoms with Crippen molar-refractivity contribution >= 4 is 0 Å². The van der Waals surface area contributed by atoms with Crippen molar-refractivity contribution in [3.63, 3.8) is 0 Å². The molecule has 0 bridgehead atoms. The summed E-state index contributed by atoms with van der Waals surface area (Å²) in [7, 11) is 3.35. The first-order valence-electron chi connectivity index (χ1n) is 8.31. The third kappa shape index (κ3) is 3.31. The molecule has 3 unspecified atom stereocenters. The minimum Gasteiger partial charge on any atom is -0.496 e. The van der Waals surface area contributed by atoms with Gasteiger partial charge in [0.05, 0.1) is 25.9 Å². The maximum atomic E-state index is 10.4. The minimum absolute atomic E-state index is 0.0378. The zero-order valence-electron chi connectivity index (χ0n) is 14.5. The predicted octanol–water partition coefficient (Wildman–Crippen LogP) is 3.15. The molecule has 3 rings (SSSR count). The molecule has 128 valence electrons. The Morgan fingerprint density at radius 3 is 2.75 bits per heavy atom. The van der Waals surface area contributed by atoms with Gasteiger partial charge in [-0.2, -0.15) is 0 Å². The van der Waals surface area contributed by atoms with Crippen LogP contribution in [0.3, 0.4) is 0 Å². The highest BCUT2D eigenvalue weighted by molar-refractivity contribution is 5.39. The molecule has 1 aliphatic rings. The van der Waals surface area contributed by atoms with Gasteiger partial charge in [0.25, 0.3) is 0 Å². The highest BCUT2D eigenvalue weighted by Gasteiger charge is 2.31. The lowest BCUT2D eigenvalue weighted by molar-refractivity contribution is 0.136. The van der Waals surface area contributed by atoms with Crippen LogP contribution >= 0.6 is 0 Å². The normalized spacial score (nSPS) is 20.7. The summed E-state index contributed by atoms with van der Waals surface area (Å²) in [4.78, 5) is 0. The van der Waals surface area contributed by atoms with E-state index in [0.717, 1.165) is 16.9 Å². The number of aliphatic hydroxyl groups is 1. The number of hydrogen-bond donors (Lipinski definition) is 2. The first-order valence-corrected chi connectivity index (χ1v) is 8.31. The zero-order valence-corrected chi connectivity index (χ0v) is 14.5. The van der Waals surface area contributed by atoms with E-state index in [-0.39, 0.29) is 18.2 Å². The number of nitrogens with one attached hydrogen (secondary N) is 1. The second-order valence-electron chi connectivity index (χ2n) is 6.34. The summed E-state index contributed by atoms with van der Waals surface area (Å²) in [5.41, 5.74) is 4.60. The highest BCUT2D eigenvalue weighted by Crippen LogP contribution is 2.34. The molecule has 4 nitrogen and oxygen atoms in total. The summed E-state index contributed by atoms with van der Waals surface area (Å²) in [5.74, 6) is 0.832. The van der Waals surface area contributed by atoms with Crippen molar-refractivity contribution in [2.75, 3.05) is 14.2 Å². The quantitative estimate of drug-likeness (QED) is 0.856. The van der Waals surface area contributed by atoms with Crippen LogP contribution in [-0.4, -0.2) is 25.4 Å². The van der Waals surface area contributed by atoms with E-state index in [1.807, 2.05) is 18.2 Å². The number of aliphatic hydroxyl groups excluding tert-OH is 1. The number of fused-ring (bicyclic) bond motifs is 1. The minimum atomic E-state index is -0.387. The number of hydrogen-bond acceptors (Lipinski definition) is 4. The van der Waals surface area contributed by atoms with Crippen LogP contribution in [0, 0.1) is 0 Å². The molecule has 3 atom stereocenters. The smallest absolute Gasteiger partial charge is 0.124 e. The van der Waals surface area contributed by atoms with E-state index in [1.54, 1.807) is 14.2 Å². The summed E-state index contributed by atoms with van der Waals surface area (Å²) < 4.78 is 10.7. The van der Waals surface area contributed by atoms with Gasteiger partial charge in [-0.1, -0.05) is 30.3 Å². The molecule has 0 amide bonds. The molecule has 0 spiro atoms. The van der Waals surface area contributed by atoms with Gasteiger partial charge in [0.15, 0.2) is 0 Å². The van der Waals surface area contributed by atoms with Crippen molar-refractivity contribution in [2.45, 2.75) is 38.1 Å². The largest absolute Gasteiger partial charge is 0.496 e. The summed E-state index contributed by atoms with van der Waals surface area (Å²) >= 11 is 0. The molecule has 2 aromatic rings. The third-order valence-corrected chi connectivity index (χ3v) is 4.74. The summed E-state index contributed by atoms with van der Waals surface area (Å²) in [5, 5.41) is 14.0. The fourth-order valence-corrected chi connectivity index (χ4v) is 3.48. The van der Waals surface area contributed by atoms with E-state index in [2.05, 4.69) is 36.5 Å². The molecule has 0 aliphatic heterocycles. The average Bonchev–Trinajstić information content (AvgIpc) is 2.91. The first-order chi connectivity index (χ1) is 11.6. The van der Waals surface area contributed by atoms with Gasteiger partial charge < -0.3 is 19.9 Å². The number of methoxy groups -OCH3 is 2. The third-order valence-electron chi connectivity index (χ3n) is 4.74. The molecule has 24 heavy (non-hydrogen) atoms. The number of rotatable bonds is 6. The summed E-state index contributed by atoms with van der Waals surface area (Å²) in [6.45, 7) is 2.63. The Hall–Kier alpha value is -1.88. The standard InChI is InChI=1S/C20H25NO3/c1-13(14-8-9-19(24-3)16(10-14)12-23-2)21-20-17-7-5-4-6-15(17)11-18(20)22/h4-10,13,18,20-22H,11-12H2,1-3H3. The fourth-order valence-electron chi connectivity index (χ4n) is 3.48. The Balaban J connectivity index is 1.80. The Morgan fingerprint density at radius 2 is 2.00 bits per heavy atom. The van der Waals surface area contributed by atoms with Gasteiger partial charge in [0.1, 0.15) is 5.75 Å². The SMILES string of the molecule is COCc1cc(C(C)NC2c3ccccc3CC2O)ccc1OC. The monoisotopic (exact) mass is 327 g/mol. The average molecular weight is 327 g/mol. The number of benzene rings is 2. The lowest BCUT2D eigenvalue weighted by Crippen LogP contribution is -2.31. The lowest BCUT2D eigenvalue weighted by Gasteiger charge is -2.24. The molecule has 4 heteroatoms. The van der Waals surface area contributed by atoms with E-state index in [9.17, 15) is 5.11 Å². The highest BCUT2D eigenvalue weighted by atomic mass is 16.5. The van der Waals surface area contributed by atoms with Gasteiger partial charge in [0.2, 0.25) is 0 Å². The Morgan fingerprint density at radius 1 is 1.21 bits per heavy atom. The van der Waals surface area contributed by atoms with Crippen molar-refractivity contribution in [1.82, 2.24) is 5.32 Å². The van der Waals surface area contributed by atoms with Gasteiger partial charge in [-0.05, 0) is 35.7 Å². The van der Waals surface area contributed by atoms with E-state index in [1.165, 1.54) is 11.1 Å². The molecule has 0 fully saturated rings. The van der Waals surface area contributed by atoms with E-state index in [4.69, 9.17) is 9.47 Å². The molecule has 0 saturated carbocycles. The van der Waals surface area contributed by atoms with Crippen LogP contribution in [0.25, 0.3) is 0 Å². The molecule has 0 radical (unpaired) electrons. The van der Waals surface area contributed by atoms with Crippen LogP contribution < -0.4 is 10.1 Å². The van der Waals surface area contributed by atoms with Gasteiger partial charge in [-0.25, -0.2) is 0 Å². The van der Waals surface area contributed by atoms with Crippen LogP contribution in [0.15, 0.2) is 42.5 Å². The topological polar surface area (TPSA) is 50.7 Å². The van der Waals surface area contributed by atoms with E-state index < -0.39 is 0 Å². The van der Waals surface area contributed by atoms with Crippen molar-refractivity contribution in [2.24, 2.45) is 0 Å². The maximum Gasteiger partial charge on any atom is 0.124 e. The Labute approximate surface area is 143 Å². The predicted molar refractivity (Wildman–Crippen MR) is 94.2 cm³/mol. The molecule has 1 aliphatic carbocycles. The second kappa shape index (κ2) is 7.34. The lowest BCUT2D eigenvalue weighted by atomic mass is 10.0. The van der Waals surface area contributed by atoms with Crippen molar-refractivity contribution < 1.29 is 14.6 Å². The van der Waals surface area contributed by atoms with Crippen molar-refractivity contribution in [3.05, 3.63) is 64.7 Å². The van der Waals surface area contributed by atoms with Crippen LogP contribution in [0.1, 0.15) is 41.3 Å². The van der Waals surface area contributed by atoms with Crippen molar-refractivity contribution in [1.29, 1.82) is 0 Å². The molecular formula is C20H25NO3. The van der Waals surface area contributed by atoms with Crippen LogP contribution in [-0.2, 0) is 17.8 Å². The molecule has 2 N–H and O–H groups in total. The van der Waals surface area contributed by atoms with Crippen LogP contribution in [0.4, 0.5) is 0 Å². The van der Waals surface area contributed by atoms with Gasteiger partial charge in [-0.15, -0.1) is 0 Å². The van der Waals surface area contributed by atoms with E-state index in [0.29, 0.717) is 13.0 Å². The second-order valence-corrected chi connectivity index (χ2v) is 6.34. The Kier molecular flexibility index (Phi) is 5.19.